The minimum atomic E-state index is -0.356. The minimum absolute atomic E-state index is 0.0625. The summed E-state index contributed by atoms with van der Waals surface area (Å²) >= 11 is 0. The van der Waals surface area contributed by atoms with Crippen LogP contribution in [0.1, 0.15) is 25.5 Å². The Balaban J connectivity index is 1.77. The summed E-state index contributed by atoms with van der Waals surface area (Å²) in [5, 5.41) is 2.93. The molecule has 1 atom stereocenters. The van der Waals surface area contributed by atoms with E-state index in [-0.39, 0.29) is 12.1 Å². The minimum Gasteiger partial charge on any atom is -0.450 e. The van der Waals surface area contributed by atoms with Crippen LogP contribution in [0.15, 0.2) is 30.6 Å². The lowest BCUT2D eigenvalue weighted by molar-refractivity contribution is 0.146. The second-order valence-electron chi connectivity index (χ2n) is 6.08. The van der Waals surface area contributed by atoms with E-state index in [0.29, 0.717) is 19.0 Å². The lowest BCUT2D eigenvalue weighted by Gasteiger charge is -2.34. The van der Waals surface area contributed by atoms with E-state index < -0.39 is 0 Å². The summed E-state index contributed by atoms with van der Waals surface area (Å²) in [6.07, 6.45) is 5.05. The summed E-state index contributed by atoms with van der Waals surface area (Å²) in [7, 11) is 0. The number of hydrogen-bond donors (Lipinski definition) is 1. The number of amides is 1. The zero-order valence-electron chi connectivity index (χ0n) is 14.6. The largest absolute Gasteiger partial charge is 0.450 e. The number of ether oxygens (including phenoxy) is 1. The molecule has 1 fully saturated rings. The summed E-state index contributed by atoms with van der Waals surface area (Å²) in [4.78, 5) is 27.2. The van der Waals surface area contributed by atoms with Crippen molar-refractivity contribution in [2.75, 3.05) is 24.6 Å². The van der Waals surface area contributed by atoms with Crippen LogP contribution >= 0.6 is 0 Å². The maximum atomic E-state index is 11.7. The van der Waals surface area contributed by atoms with Crippen LogP contribution in [0.25, 0.3) is 11.4 Å². The van der Waals surface area contributed by atoms with E-state index in [1.54, 1.807) is 19.3 Å². The number of nitrogens with zero attached hydrogens (tertiary/aromatic N) is 4. The van der Waals surface area contributed by atoms with Gasteiger partial charge in [-0.25, -0.2) is 14.8 Å². The third-order valence-corrected chi connectivity index (χ3v) is 4.12. The summed E-state index contributed by atoms with van der Waals surface area (Å²) in [5.74, 6) is 1.58. The molecule has 0 saturated carbocycles. The van der Waals surface area contributed by atoms with Crippen molar-refractivity contribution in [1.29, 1.82) is 0 Å². The number of piperidine rings is 1. The predicted octanol–water partition coefficient (Wildman–Crippen LogP) is 2.56. The molecule has 0 spiro atoms. The van der Waals surface area contributed by atoms with Crippen molar-refractivity contribution in [3.63, 3.8) is 0 Å². The van der Waals surface area contributed by atoms with Gasteiger partial charge in [0, 0.05) is 48.8 Å². The lowest BCUT2D eigenvalue weighted by Crippen LogP contribution is -2.48. The molecule has 2 aromatic heterocycles. The van der Waals surface area contributed by atoms with Crippen LogP contribution in [0, 0.1) is 6.92 Å². The summed E-state index contributed by atoms with van der Waals surface area (Å²) in [6, 6.07) is 5.85. The van der Waals surface area contributed by atoms with E-state index in [0.717, 1.165) is 36.5 Å². The topological polar surface area (TPSA) is 80.2 Å². The number of aromatic nitrogens is 3. The molecule has 25 heavy (non-hydrogen) atoms. The molecule has 3 rings (SSSR count). The maximum absolute atomic E-state index is 11.7. The van der Waals surface area contributed by atoms with Crippen LogP contribution in [0.3, 0.4) is 0 Å². The van der Waals surface area contributed by atoms with Crippen LogP contribution < -0.4 is 10.2 Å². The average Bonchev–Trinajstić information content (AvgIpc) is 2.62. The number of carbonyl (C=O) groups is 1. The van der Waals surface area contributed by atoms with Crippen LogP contribution in [-0.2, 0) is 4.74 Å². The fourth-order valence-corrected chi connectivity index (χ4v) is 2.99. The Labute approximate surface area is 147 Å². The number of hydrogen-bond acceptors (Lipinski definition) is 6. The summed E-state index contributed by atoms with van der Waals surface area (Å²) in [5.41, 5.74) is 1.86. The molecule has 0 aromatic carbocycles. The fourth-order valence-electron chi connectivity index (χ4n) is 2.99. The molecule has 3 heterocycles. The van der Waals surface area contributed by atoms with Gasteiger partial charge in [0.05, 0.1) is 6.61 Å². The Morgan fingerprint density at radius 3 is 2.92 bits per heavy atom. The number of pyridine rings is 1. The van der Waals surface area contributed by atoms with Gasteiger partial charge in [0.15, 0.2) is 5.82 Å². The van der Waals surface area contributed by atoms with Crippen LogP contribution in [0.4, 0.5) is 10.6 Å². The quantitative estimate of drug-likeness (QED) is 0.920. The van der Waals surface area contributed by atoms with E-state index in [4.69, 9.17) is 9.72 Å². The Hall–Kier alpha value is -2.70. The molecule has 7 nitrogen and oxygen atoms in total. The predicted molar refractivity (Wildman–Crippen MR) is 95.4 cm³/mol. The van der Waals surface area contributed by atoms with E-state index in [2.05, 4.69) is 20.2 Å². The molecule has 1 aliphatic heterocycles. The first kappa shape index (κ1) is 17.1. The van der Waals surface area contributed by atoms with Crippen molar-refractivity contribution in [2.45, 2.75) is 32.7 Å². The van der Waals surface area contributed by atoms with E-state index in [9.17, 15) is 4.79 Å². The van der Waals surface area contributed by atoms with Crippen LogP contribution in [0.2, 0.25) is 0 Å². The van der Waals surface area contributed by atoms with Gasteiger partial charge in [0.2, 0.25) is 0 Å². The fraction of sp³-hybridized carbons (Fsp3) is 0.444. The normalized spacial score (nSPS) is 17.2. The standard InChI is InChI=1S/C18H23N5O2/c1-3-25-18(24)21-15-5-4-10-23(12-15)16-11-13(2)20-17(22-16)14-6-8-19-9-7-14/h6-9,11,15H,3-5,10,12H2,1-2H3,(H,21,24)/t15-/m1/s1. The van der Waals surface area contributed by atoms with Gasteiger partial charge in [-0.1, -0.05) is 0 Å². The average molecular weight is 341 g/mol. The maximum Gasteiger partial charge on any atom is 0.407 e. The van der Waals surface area contributed by atoms with Gasteiger partial charge in [-0.05, 0) is 38.8 Å². The number of carbonyl (C=O) groups excluding carboxylic acids is 1. The lowest BCUT2D eigenvalue weighted by atomic mass is 10.1. The van der Waals surface area contributed by atoms with Crippen molar-refractivity contribution in [2.24, 2.45) is 0 Å². The first-order chi connectivity index (χ1) is 12.2. The zero-order chi connectivity index (χ0) is 17.6. The van der Waals surface area contributed by atoms with Gasteiger partial charge in [-0.3, -0.25) is 4.98 Å². The second kappa shape index (κ2) is 7.92. The number of rotatable bonds is 4. The molecule has 0 unspecified atom stereocenters. The SMILES string of the molecule is CCOC(=O)N[C@@H]1CCCN(c2cc(C)nc(-c3ccncc3)n2)C1. The molecule has 1 amide bonds. The van der Waals surface area contributed by atoms with E-state index in [1.807, 2.05) is 25.1 Å². The highest BCUT2D eigenvalue weighted by Gasteiger charge is 2.23. The van der Waals surface area contributed by atoms with Crippen molar-refractivity contribution < 1.29 is 9.53 Å². The van der Waals surface area contributed by atoms with Gasteiger partial charge in [0.1, 0.15) is 5.82 Å². The summed E-state index contributed by atoms with van der Waals surface area (Å²) in [6.45, 7) is 5.77. The zero-order valence-corrected chi connectivity index (χ0v) is 14.6. The van der Waals surface area contributed by atoms with Gasteiger partial charge in [-0.15, -0.1) is 0 Å². The third-order valence-electron chi connectivity index (χ3n) is 4.12. The van der Waals surface area contributed by atoms with Gasteiger partial charge in [-0.2, -0.15) is 0 Å². The van der Waals surface area contributed by atoms with Crippen molar-refractivity contribution in [1.82, 2.24) is 20.3 Å². The van der Waals surface area contributed by atoms with Gasteiger partial charge < -0.3 is 15.0 Å². The molecular formula is C18H23N5O2. The molecule has 2 aromatic rings. The molecule has 0 bridgehead atoms. The second-order valence-corrected chi connectivity index (χ2v) is 6.08. The molecule has 0 radical (unpaired) electrons. The molecule has 1 aliphatic rings. The van der Waals surface area contributed by atoms with E-state index >= 15 is 0 Å². The number of aryl methyl sites for hydroxylation is 1. The van der Waals surface area contributed by atoms with Crippen molar-refractivity contribution in [3.05, 3.63) is 36.3 Å². The highest BCUT2D eigenvalue weighted by atomic mass is 16.5. The third kappa shape index (κ3) is 4.43. The Morgan fingerprint density at radius 2 is 2.16 bits per heavy atom. The smallest absolute Gasteiger partial charge is 0.407 e. The molecule has 0 aliphatic carbocycles. The van der Waals surface area contributed by atoms with E-state index in [1.165, 1.54) is 0 Å². The molecule has 1 saturated heterocycles. The number of alkyl carbamates (subject to hydrolysis) is 1. The molecule has 132 valence electrons. The Bertz CT molecular complexity index is 723. The summed E-state index contributed by atoms with van der Waals surface area (Å²) < 4.78 is 4.98. The van der Waals surface area contributed by atoms with Crippen LogP contribution in [0.5, 0.6) is 0 Å². The monoisotopic (exact) mass is 341 g/mol. The first-order valence-electron chi connectivity index (χ1n) is 8.60. The number of anilines is 1. The van der Waals surface area contributed by atoms with Crippen molar-refractivity contribution in [3.8, 4) is 11.4 Å². The molecular weight excluding hydrogens is 318 g/mol. The Kier molecular flexibility index (Phi) is 5.42. The highest BCUT2D eigenvalue weighted by molar-refractivity contribution is 5.67. The Morgan fingerprint density at radius 1 is 1.36 bits per heavy atom. The van der Waals surface area contributed by atoms with Gasteiger partial charge >= 0.3 is 6.09 Å². The van der Waals surface area contributed by atoms with Crippen molar-refractivity contribution >= 4 is 11.9 Å². The first-order valence-corrected chi connectivity index (χ1v) is 8.60. The molecule has 7 heteroatoms. The highest BCUT2D eigenvalue weighted by Crippen LogP contribution is 2.22. The van der Waals surface area contributed by atoms with Gasteiger partial charge in [0.25, 0.3) is 0 Å². The van der Waals surface area contributed by atoms with Crippen LogP contribution in [-0.4, -0.2) is 46.8 Å². The number of nitrogens with one attached hydrogen (secondary N) is 1. The molecule has 1 N–H and O–H groups in total.